The molecule has 1 N–H and O–H groups in total. The predicted octanol–water partition coefficient (Wildman–Crippen LogP) is 7.59. The lowest BCUT2D eigenvalue weighted by Crippen LogP contribution is -2.28. The maximum absolute atomic E-state index is 13.2. The van der Waals surface area contributed by atoms with Crippen LogP contribution in [0.1, 0.15) is 72.0 Å². The van der Waals surface area contributed by atoms with Crippen LogP contribution in [-0.4, -0.2) is 27.0 Å². The van der Waals surface area contributed by atoms with Crippen molar-refractivity contribution in [1.29, 1.82) is 0 Å². The number of amides is 1. The Labute approximate surface area is 241 Å². The van der Waals surface area contributed by atoms with Crippen LogP contribution in [0.5, 0.6) is 0 Å². The molecule has 1 heterocycles. The summed E-state index contributed by atoms with van der Waals surface area (Å²) in [5.74, 6) is -0.445. The summed E-state index contributed by atoms with van der Waals surface area (Å²) in [5, 5.41) is 3.17. The zero-order valence-electron chi connectivity index (χ0n) is 23.9. The quantitative estimate of drug-likeness (QED) is 0.204. The number of esters is 1. The Kier molecular flexibility index (Phi) is 8.02. The van der Waals surface area contributed by atoms with Crippen molar-refractivity contribution >= 4 is 22.9 Å². The maximum atomic E-state index is 13.2. The van der Waals surface area contributed by atoms with Gasteiger partial charge in [-0.1, -0.05) is 79.7 Å². The lowest BCUT2D eigenvalue weighted by molar-refractivity contribution is 0.00703. The van der Waals surface area contributed by atoms with E-state index in [0.717, 1.165) is 39.7 Å². The molecule has 208 valence electrons. The number of rotatable bonds is 8. The van der Waals surface area contributed by atoms with Crippen molar-refractivity contribution in [2.24, 2.45) is 0 Å². The largest absolute Gasteiger partial charge is 0.456 e. The van der Waals surface area contributed by atoms with Crippen molar-refractivity contribution in [3.63, 3.8) is 0 Å². The number of carbonyl (C=O) groups is 2. The molecule has 1 unspecified atom stereocenters. The molecule has 0 aliphatic rings. The molecule has 5 aromatic rings. The topological polar surface area (TPSA) is 73.2 Å². The van der Waals surface area contributed by atoms with Gasteiger partial charge < -0.3 is 14.6 Å². The zero-order valence-corrected chi connectivity index (χ0v) is 23.9. The standard InChI is InChI=1S/C35H35N3O3/c1-5-30(26-11-7-6-8-12-26)37-33(39)27-19-20-31-32(21-27)38(23-36-31)22-24-15-17-25(18-16-24)28-13-9-10-14-29(28)34(40)41-35(2,3)4/h6-21,23,30H,5,22H2,1-4H3,(H,37,39). The van der Waals surface area contributed by atoms with Gasteiger partial charge in [0, 0.05) is 12.1 Å². The van der Waals surface area contributed by atoms with Gasteiger partial charge in [0.15, 0.2) is 0 Å². The van der Waals surface area contributed by atoms with Gasteiger partial charge >= 0.3 is 5.97 Å². The molecule has 0 aliphatic carbocycles. The first kappa shape index (κ1) is 27.8. The van der Waals surface area contributed by atoms with E-state index in [2.05, 4.69) is 29.4 Å². The van der Waals surface area contributed by atoms with Crippen molar-refractivity contribution in [3.8, 4) is 11.1 Å². The molecule has 1 aromatic heterocycles. The summed E-state index contributed by atoms with van der Waals surface area (Å²) < 4.78 is 7.67. The van der Waals surface area contributed by atoms with Crippen molar-refractivity contribution < 1.29 is 14.3 Å². The van der Waals surface area contributed by atoms with Crippen molar-refractivity contribution in [3.05, 3.63) is 126 Å². The molecule has 0 fully saturated rings. The fraction of sp³-hybridized carbons (Fsp3) is 0.229. The van der Waals surface area contributed by atoms with Crippen molar-refractivity contribution in [2.45, 2.75) is 52.3 Å². The number of aromatic nitrogens is 2. The van der Waals surface area contributed by atoms with Crippen LogP contribution in [0.4, 0.5) is 0 Å². The van der Waals surface area contributed by atoms with Crippen molar-refractivity contribution in [2.75, 3.05) is 0 Å². The zero-order chi connectivity index (χ0) is 29.0. The number of fused-ring (bicyclic) bond motifs is 1. The molecular formula is C35H35N3O3. The summed E-state index contributed by atoms with van der Waals surface area (Å²) in [4.78, 5) is 30.5. The molecule has 6 nitrogen and oxygen atoms in total. The summed E-state index contributed by atoms with van der Waals surface area (Å²) in [6.07, 6.45) is 2.60. The second-order valence-electron chi connectivity index (χ2n) is 11.2. The third kappa shape index (κ3) is 6.55. The lowest BCUT2D eigenvalue weighted by Gasteiger charge is -2.20. The highest BCUT2D eigenvalue weighted by Crippen LogP contribution is 2.27. The number of nitrogens with one attached hydrogen (secondary N) is 1. The first-order valence-electron chi connectivity index (χ1n) is 13.9. The Balaban J connectivity index is 1.34. The minimum absolute atomic E-state index is 0.0525. The number of hydrogen-bond acceptors (Lipinski definition) is 4. The smallest absolute Gasteiger partial charge is 0.339 e. The van der Waals surface area contributed by atoms with Gasteiger partial charge in [-0.3, -0.25) is 4.79 Å². The Morgan fingerprint density at radius 3 is 2.32 bits per heavy atom. The number of benzene rings is 4. The molecule has 5 rings (SSSR count). The average Bonchev–Trinajstić information content (AvgIpc) is 3.37. The van der Waals surface area contributed by atoms with Gasteiger partial charge in [-0.05, 0) is 73.7 Å². The summed E-state index contributed by atoms with van der Waals surface area (Å²) in [7, 11) is 0. The molecule has 0 radical (unpaired) electrons. The molecule has 0 saturated heterocycles. The lowest BCUT2D eigenvalue weighted by atomic mass is 9.98. The fourth-order valence-electron chi connectivity index (χ4n) is 4.90. The first-order chi connectivity index (χ1) is 19.7. The van der Waals surface area contributed by atoms with E-state index >= 15 is 0 Å². The average molecular weight is 546 g/mol. The van der Waals surface area contributed by atoms with Crippen LogP contribution < -0.4 is 5.32 Å². The highest BCUT2D eigenvalue weighted by atomic mass is 16.6. The van der Waals surface area contributed by atoms with Crippen LogP contribution in [0.25, 0.3) is 22.2 Å². The molecule has 0 aliphatic heterocycles. The molecular weight excluding hydrogens is 510 g/mol. The van der Waals surface area contributed by atoms with Gasteiger partial charge in [-0.15, -0.1) is 0 Å². The molecule has 1 amide bonds. The molecule has 0 spiro atoms. The summed E-state index contributed by atoms with van der Waals surface area (Å²) in [5.41, 5.74) is 6.24. The monoisotopic (exact) mass is 545 g/mol. The second-order valence-corrected chi connectivity index (χ2v) is 11.2. The van der Waals surface area contributed by atoms with Crippen LogP contribution in [0, 0.1) is 0 Å². The minimum atomic E-state index is -0.568. The van der Waals surface area contributed by atoms with E-state index in [9.17, 15) is 9.59 Å². The van der Waals surface area contributed by atoms with E-state index in [4.69, 9.17) is 4.74 Å². The number of nitrogens with zero attached hydrogens (tertiary/aromatic N) is 2. The van der Waals surface area contributed by atoms with Crippen LogP contribution in [0.15, 0.2) is 103 Å². The highest BCUT2D eigenvalue weighted by molar-refractivity contribution is 5.98. The number of carbonyl (C=O) groups excluding carboxylic acids is 2. The summed E-state index contributed by atoms with van der Waals surface area (Å²) >= 11 is 0. The van der Waals surface area contributed by atoms with E-state index in [1.807, 2.05) is 104 Å². The fourth-order valence-corrected chi connectivity index (χ4v) is 4.90. The molecule has 4 aromatic carbocycles. The van der Waals surface area contributed by atoms with Gasteiger partial charge in [0.1, 0.15) is 5.60 Å². The molecule has 1 atom stereocenters. The van der Waals surface area contributed by atoms with E-state index < -0.39 is 5.60 Å². The molecule has 6 heteroatoms. The highest BCUT2D eigenvalue weighted by Gasteiger charge is 2.21. The summed E-state index contributed by atoms with van der Waals surface area (Å²) in [6, 6.07) is 31.2. The van der Waals surface area contributed by atoms with Crippen LogP contribution in [0.2, 0.25) is 0 Å². The van der Waals surface area contributed by atoms with E-state index in [0.29, 0.717) is 17.7 Å². The van der Waals surface area contributed by atoms with Gasteiger partial charge in [-0.25, -0.2) is 9.78 Å². The summed E-state index contributed by atoms with van der Waals surface area (Å²) in [6.45, 7) is 8.26. The molecule has 0 bridgehead atoms. The normalized spacial score (nSPS) is 12.2. The maximum Gasteiger partial charge on any atom is 0.339 e. The van der Waals surface area contributed by atoms with Gasteiger partial charge in [0.25, 0.3) is 5.91 Å². The Morgan fingerprint density at radius 2 is 1.61 bits per heavy atom. The third-order valence-electron chi connectivity index (χ3n) is 6.96. The van der Waals surface area contributed by atoms with E-state index in [1.165, 1.54) is 0 Å². The Hall–Kier alpha value is -4.71. The first-order valence-corrected chi connectivity index (χ1v) is 13.9. The SMILES string of the molecule is CCC(NC(=O)c1ccc2ncn(Cc3ccc(-c4ccccc4C(=O)OC(C)(C)C)cc3)c2c1)c1ccccc1. The van der Waals surface area contributed by atoms with Gasteiger partial charge in [0.05, 0.1) is 29.0 Å². The van der Waals surface area contributed by atoms with Gasteiger partial charge in [0.2, 0.25) is 0 Å². The van der Waals surface area contributed by atoms with E-state index in [1.54, 1.807) is 12.4 Å². The molecule has 0 saturated carbocycles. The Morgan fingerprint density at radius 1 is 0.902 bits per heavy atom. The predicted molar refractivity (Wildman–Crippen MR) is 163 cm³/mol. The van der Waals surface area contributed by atoms with Crippen molar-refractivity contribution in [1.82, 2.24) is 14.9 Å². The Bertz CT molecular complexity index is 1670. The third-order valence-corrected chi connectivity index (χ3v) is 6.96. The van der Waals surface area contributed by atoms with Crippen LogP contribution >= 0.6 is 0 Å². The number of imidazole rings is 1. The van der Waals surface area contributed by atoms with Crippen LogP contribution in [0.3, 0.4) is 0 Å². The minimum Gasteiger partial charge on any atom is -0.456 e. The second kappa shape index (κ2) is 11.8. The number of ether oxygens (including phenoxy) is 1. The number of hydrogen-bond donors (Lipinski definition) is 1. The van der Waals surface area contributed by atoms with Gasteiger partial charge in [-0.2, -0.15) is 0 Å². The van der Waals surface area contributed by atoms with E-state index in [-0.39, 0.29) is 17.9 Å². The van der Waals surface area contributed by atoms with Crippen LogP contribution in [-0.2, 0) is 11.3 Å². The molecule has 41 heavy (non-hydrogen) atoms.